The summed E-state index contributed by atoms with van der Waals surface area (Å²) in [6.07, 6.45) is 1.67. The Morgan fingerprint density at radius 1 is 0.966 bits per heavy atom. The molecule has 152 valence electrons. The van der Waals surface area contributed by atoms with Gasteiger partial charge in [-0.25, -0.2) is 4.68 Å². The molecule has 3 aromatic rings. The Balaban J connectivity index is 2.13. The largest absolute Gasteiger partial charge is 0.496 e. The van der Waals surface area contributed by atoms with Crippen molar-refractivity contribution in [3.05, 3.63) is 56.1 Å². The summed E-state index contributed by atoms with van der Waals surface area (Å²) in [6.45, 7) is 0. The second-order valence-corrected chi connectivity index (χ2v) is 7.44. The Labute approximate surface area is 182 Å². The first-order chi connectivity index (χ1) is 14.0. The van der Waals surface area contributed by atoms with Gasteiger partial charge in [0.25, 0.3) is 0 Å². The molecule has 0 radical (unpaired) electrons. The van der Waals surface area contributed by atoms with Crippen LogP contribution in [-0.2, 0) is 0 Å². The van der Waals surface area contributed by atoms with Crippen molar-refractivity contribution in [2.24, 2.45) is 10.1 Å². The lowest BCUT2D eigenvalue weighted by Gasteiger charge is -2.12. The van der Waals surface area contributed by atoms with E-state index in [0.29, 0.717) is 37.7 Å². The molecular weight excluding hydrogens is 433 g/mol. The fraction of sp³-hybridized carbons (Fsp3) is 0.200. The van der Waals surface area contributed by atoms with Gasteiger partial charge in [0.05, 0.1) is 38.3 Å². The van der Waals surface area contributed by atoms with Crippen LogP contribution < -0.4 is 19.0 Å². The van der Waals surface area contributed by atoms with Crippen LogP contribution in [0.3, 0.4) is 0 Å². The fourth-order valence-corrected chi connectivity index (χ4v) is 3.90. The van der Waals surface area contributed by atoms with E-state index < -0.39 is 0 Å². The summed E-state index contributed by atoms with van der Waals surface area (Å²) in [7, 11) is 6.44. The van der Waals surface area contributed by atoms with Gasteiger partial charge in [0.1, 0.15) is 5.75 Å². The number of nitrogens with zero attached hydrogens (tertiary/aromatic N) is 3. The van der Waals surface area contributed by atoms with E-state index in [-0.39, 0.29) is 0 Å². The molecule has 0 spiro atoms. The summed E-state index contributed by atoms with van der Waals surface area (Å²) >= 11 is 14.0. The van der Waals surface area contributed by atoms with Crippen molar-refractivity contribution in [1.29, 1.82) is 0 Å². The monoisotopic (exact) mass is 451 g/mol. The molecular formula is C20H19Cl2N3O3S. The average molecular weight is 452 g/mol. The van der Waals surface area contributed by atoms with Gasteiger partial charge < -0.3 is 14.2 Å². The molecule has 0 amide bonds. The van der Waals surface area contributed by atoms with Gasteiger partial charge in [0.2, 0.25) is 4.80 Å². The third-order valence-electron chi connectivity index (χ3n) is 4.13. The van der Waals surface area contributed by atoms with E-state index in [0.717, 1.165) is 11.3 Å². The van der Waals surface area contributed by atoms with Crippen LogP contribution in [0.25, 0.3) is 11.3 Å². The summed E-state index contributed by atoms with van der Waals surface area (Å²) in [5, 5.41) is 7.72. The Morgan fingerprint density at radius 2 is 1.66 bits per heavy atom. The van der Waals surface area contributed by atoms with E-state index in [4.69, 9.17) is 37.4 Å². The molecule has 0 fully saturated rings. The quantitative estimate of drug-likeness (QED) is 0.497. The highest BCUT2D eigenvalue weighted by Gasteiger charge is 2.13. The normalized spacial score (nSPS) is 11.9. The van der Waals surface area contributed by atoms with Gasteiger partial charge in [-0.05, 0) is 24.3 Å². The molecule has 2 aromatic carbocycles. The maximum atomic E-state index is 6.39. The molecule has 1 aromatic heterocycles. The first kappa shape index (κ1) is 21.2. The zero-order chi connectivity index (χ0) is 21.0. The van der Waals surface area contributed by atoms with Crippen molar-refractivity contribution < 1.29 is 14.2 Å². The Hall–Kier alpha value is -2.48. The average Bonchev–Trinajstić information content (AvgIpc) is 3.15. The molecule has 6 nitrogen and oxygen atoms in total. The van der Waals surface area contributed by atoms with Gasteiger partial charge in [-0.1, -0.05) is 23.2 Å². The summed E-state index contributed by atoms with van der Waals surface area (Å²) in [5.74, 6) is 1.74. The number of aromatic nitrogens is 1. The van der Waals surface area contributed by atoms with Gasteiger partial charge in [-0.3, -0.25) is 4.99 Å². The third-order valence-corrected chi connectivity index (χ3v) is 5.60. The van der Waals surface area contributed by atoms with Crippen molar-refractivity contribution in [3.8, 4) is 28.5 Å². The van der Waals surface area contributed by atoms with Crippen molar-refractivity contribution >= 4 is 40.8 Å². The highest BCUT2D eigenvalue weighted by Crippen LogP contribution is 2.34. The predicted molar refractivity (Wildman–Crippen MR) is 118 cm³/mol. The number of methoxy groups -OCH3 is 3. The Kier molecular flexibility index (Phi) is 6.84. The van der Waals surface area contributed by atoms with Gasteiger partial charge in [0, 0.05) is 34.6 Å². The number of thiazole rings is 1. The van der Waals surface area contributed by atoms with Gasteiger partial charge in [0.15, 0.2) is 11.5 Å². The van der Waals surface area contributed by atoms with Crippen LogP contribution in [0, 0.1) is 0 Å². The number of halogens is 2. The molecule has 0 unspecified atom stereocenters. The van der Waals surface area contributed by atoms with E-state index in [2.05, 4.69) is 10.1 Å². The van der Waals surface area contributed by atoms with Crippen molar-refractivity contribution in [1.82, 2.24) is 4.68 Å². The molecule has 3 rings (SSSR count). The fourth-order valence-electron chi connectivity index (χ4n) is 2.72. The Morgan fingerprint density at radius 3 is 2.31 bits per heavy atom. The first-order valence-corrected chi connectivity index (χ1v) is 10.1. The standard InChI is InChI=1S/C20H19Cl2N3O3S/c1-23-20-25(16(11-29-20)14-8-13(21)5-6-15(14)22)24-10-12-7-18(27-3)19(28-4)9-17(12)26-2/h5-11H,1-4H3. The molecule has 1 heterocycles. The second kappa shape index (κ2) is 9.35. The molecule has 0 atom stereocenters. The van der Waals surface area contributed by atoms with Crippen molar-refractivity contribution in [2.75, 3.05) is 28.4 Å². The molecule has 29 heavy (non-hydrogen) atoms. The van der Waals surface area contributed by atoms with Crippen LogP contribution >= 0.6 is 34.5 Å². The van der Waals surface area contributed by atoms with E-state index in [1.807, 2.05) is 5.38 Å². The first-order valence-electron chi connectivity index (χ1n) is 8.45. The predicted octanol–water partition coefficient (Wildman–Crippen LogP) is 4.96. The molecule has 0 aliphatic carbocycles. The lowest BCUT2D eigenvalue weighted by Crippen LogP contribution is -2.11. The summed E-state index contributed by atoms with van der Waals surface area (Å²) in [5.41, 5.74) is 2.26. The van der Waals surface area contributed by atoms with Crippen LogP contribution in [0.4, 0.5) is 0 Å². The molecule has 0 aliphatic heterocycles. The molecule has 0 saturated carbocycles. The Bertz CT molecular complexity index is 1120. The number of benzene rings is 2. The van der Waals surface area contributed by atoms with E-state index >= 15 is 0 Å². The van der Waals surface area contributed by atoms with E-state index in [9.17, 15) is 0 Å². The molecule has 0 aliphatic rings. The smallest absolute Gasteiger partial charge is 0.205 e. The maximum absolute atomic E-state index is 6.39. The number of hydrogen-bond donors (Lipinski definition) is 0. The number of hydrogen-bond acceptors (Lipinski definition) is 6. The highest BCUT2D eigenvalue weighted by atomic mass is 35.5. The lowest BCUT2D eigenvalue weighted by atomic mass is 10.2. The molecule has 0 N–H and O–H groups in total. The van der Waals surface area contributed by atoms with Gasteiger partial charge in [-0.2, -0.15) is 5.10 Å². The zero-order valence-corrected chi connectivity index (χ0v) is 18.6. The second-order valence-electron chi connectivity index (χ2n) is 5.76. The highest BCUT2D eigenvalue weighted by molar-refractivity contribution is 7.07. The van der Waals surface area contributed by atoms with Crippen LogP contribution in [0.15, 0.2) is 45.8 Å². The number of rotatable bonds is 6. The minimum Gasteiger partial charge on any atom is -0.496 e. The molecule has 0 bridgehead atoms. The molecule has 0 saturated heterocycles. The van der Waals surface area contributed by atoms with Crippen molar-refractivity contribution in [2.45, 2.75) is 0 Å². The number of ether oxygens (including phenoxy) is 3. The van der Waals surface area contributed by atoms with Crippen LogP contribution in [-0.4, -0.2) is 39.3 Å². The SMILES string of the molecule is CN=c1scc(-c2cc(Cl)ccc2Cl)n1N=Cc1cc(OC)c(OC)cc1OC. The third kappa shape index (κ3) is 4.42. The topological polar surface area (TPSA) is 57.3 Å². The minimum absolute atomic E-state index is 0.570. The summed E-state index contributed by atoms with van der Waals surface area (Å²) < 4.78 is 17.9. The van der Waals surface area contributed by atoms with Crippen LogP contribution in [0.5, 0.6) is 17.2 Å². The maximum Gasteiger partial charge on any atom is 0.205 e. The zero-order valence-electron chi connectivity index (χ0n) is 16.3. The van der Waals surface area contributed by atoms with Crippen LogP contribution in [0.2, 0.25) is 10.0 Å². The van der Waals surface area contributed by atoms with E-state index in [1.54, 1.807) is 69.6 Å². The van der Waals surface area contributed by atoms with Gasteiger partial charge in [-0.15, -0.1) is 11.3 Å². The molecule has 9 heteroatoms. The van der Waals surface area contributed by atoms with Gasteiger partial charge >= 0.3 is 0 Å². The van der Waals surface area contributed by atoms with Crippen LogP contribution in [0.1, 0.15) is 5.56 Å². The lowest BCUT2D eigenvalue weighted by molar-refractivity contribution is 0.349. The van der Waals surface area contributed by atoms with E-state index in [1.165, 1.54) is 11.3 Å². The summed E-state index contributed by atoms with van der Waals surface area (Å²) in [6, 6.07) is 8.84. The summed E-state index contributed by atoms with van der Waals surface area (Å²) in [4.78, 5) is 5.00. The van der Waals surface area contributed by atoms with Crippen molar-refractivity contribution in [3.63, 3.8) is 0 Å². The minimum atomic E-state index is 0.570.